The number of aromatic nitrogens is 5. The lowest BCUT2D eigenvalue weighted by molar-refractivity contribution is -0.139. The van der Waals surface area contributed by atoms with Crippen LogP contribution in [-0.2, 0) is 13.2 Å². The average molecular weight is 585 g/mol. The Morgan fingerprint density at radius 3 is 2.40 bits per heavy atom. The Labute approximate surface area is 240 Å². The zero-order chi connectivity index (χ0) is 30.3. The summed E-state index contributed by atoms with van der Waals surface area (Å²) in [7, 11) is 5.71. The molecule has 1 aliphatic heterocycles. The first kappa shape index (κ1) is 29.2. The first-order valence-corrected chi connectivity index (χ1v) is 13.5. The van der Waals surface area contributed by atoms with E-state index in [1.165, 1.54) is 10.7 Å². The van der Waals surface area contributed by atoms with Crippen LogP contribution in [0.1, 0.15) is 40.0 Å². The third-order valence-corrected chi connectivity index (χ3v) is 7.87. The van der Waals surface area contributed by atoms with Crippen LogP contribution < -0.4 is 10.2 Å². The third kappa shape index (κ3) is 5.73. The van der Waals surface area contributed by atoms with Crippen LogP contribution in [0.3, 0.4) is 0 Å². The zero-order valence-corrected chi connectivity index (χ0v) is 24.0. The van der Waals surface area contributed by atoms with Crippen LogP contribution in [0.5, 0.6) is 0 Å². The Morgan fingerprint density at radius 1 is 1.07 bits per heavy atom. The van der Waals surface area contributed by atoms with Gasteiger partial charge in [-0.15, -0.1) is 5.10 Å². The molecule has 1 fully saturated rings. The van der Waals surface area contributed by atoms with Crippen molar-refractivity contribution in [2.45, 2.75) is 38.9 Å². The van der Waals surface area contributed by atoms with E-state index in [4.69, 9.17) is 0 Å². The molecule has 1 saturated heterocycles. The lowest BCUT2D eigenvalue weighted by Crippen LogP contribution is -2.42. The number of halogens is 4. The minimum atomic E-state index is -4.93. The minimum Gasteiger partial charge on any atom is -0.369 e. The molecular formula is C29H32F4N8O. The van der Waals surface area contributed by atoms with E-state index in [9.17, 15) is 18.0 Å². The Kier molecular flexibility index (Phi) is 7.80. The summed E-state index contributed by atoms with van der Waals surface area (Å²) in [6, 6.07) is 7.04. The second-order valence-corrected chi connectivity index (χ2v) is 10.8. The Bertz CT molecular complexity index is 1620. The van der Waals surface area contributed by atoms with E-state index in [1.807, 2.05) is 35.0 Å². The van der Waals surface area contributed by atoms with E-state index >= 15 is 4.39 Å². The number of aryl methyl sites for hydroxylation is 2. The number of nitrogens with zero attached hydrogens (tertiary/aromatic N) is 7. The monoisotopic (exact) mass is 584 g/mol. The molecule has 222 valence electrons. The van der Waals surface area contributed by atoms with E-state index in [2.05, 4.69) is 25.6 Å². The van der Waals surface area contributed by atoms with Crippen molar-refractivity contribution < 1.29 is 22.4 Å². The van der Waals surface area contributed by atoms with Crippen molar-refractivity contribution >= 4 is 17.3 Å². The van der Waals surface area contributed by atoms with Crippen LogP contribution in [0, 0.1) is 19.7 Å². The molecule has 0 spiro atoms. The van der Waals surface area contributed by atoms with Crippen LogP contribution in [-0.4, -0.2) is 68.8 Å². The van der Waals surface area contributed by atoms with Gasteiger partial charge in [-0.25, -0.2) is 9.07 Å². The number of carbonyl (C=O) groups excluding carboxylic acids is 1. The molecule has 0 aliphatic carbocycles. The molecular weight excluding hydrogens is 552 g/mol. The van der Waals surface area contributed by atoms with Crippen LogP contribution in [0.2, 0.25) is 0 Å². The summed E-state index contributed by atoms with van der Waals surface area (Å²) in [6.07, 6.45) is -0.163. The predicted molar refractivity (Wildman–Crippen MR) is 151 cm³/mol. The summed E-state index contributed by atoms with van der Waals surface area (Å²) >= 11 is 0. The number of carbonyl (C=O) groups is 1. The van der Waals surface area contributed by atoms with E-state index < -0.39 is 23.5 Å². The normalized spacial score (nSPS) is 14.6. The largest absolute Gasteiger partial charge is 0.419 e. The zero-order valence-electron chi connectivity index (χ0n) is 24.0. The highest BCUT2D eigenvalue weighted by Gasteiger charge is 2.37. The molecule has 0 saturated carbocycles. The van der Waals surface area contributed by atoms with Gasteiger partial charge in [0.25, 0.3) is 5.91 Å². The molecule has 1 amide bonds. The summed E-state index contributed by atoms with van der Waals surface area (Å²) in [5, 5.41) is 15.2. The SMILES string of the molecule is Cc1ccc(C(=O)Nc2cc(N3CCC(N(C)C)CC3)c(F)c(C(F)(F)F)c2)cc1-n1cc(-c2cnn(C)c2C)nn1. The number of hydrogen-bond acceptors (Lipinski definition) is 6. The maximum atomic E-state index is 15.2. The standard InChI is InChI=1S/C29H32F4N8O/c1-17-6-7-19(12-25(17)41-16-24(36-37-41)22-15-34-39(5)18(22)2)28(42)35-20-13-23(29(31,32)33)27(30)26(14-20)40-10-8-21(9-11-40)38(3)4/h6-7,12-16,21H,8-11H2,1-5H3,(H,35,42). The first-order chi connectivity index (χ1) is 19.8. The summed E-state index contributed by atoms with van der Waals surface area (Å²) in [5.74, 6) is -1.98. The number of benzene rings is 2. The van der Waals surface area contributed by atoms with Gasteiger partial charge in [-0.3, -0.25) is 9.48 Å². The van der Waals surface area contributed by atoms with Gasteiger partial charge in [0.15, 0.2) is 5.82 Å². The number of nitrogens with one attached hydrogen (secondary N) is 1. The number of piperidine rings is 1. The molecule has 13 heteroatoms. The van der Waals surface area contributed by atoms with Gasteiger partial charge in [0.2, 0.25) is 0 Å². The van der Waals surface area contributed by atoms with E-state index in [-0.39, 0.29) is 23.0 Å². The molecule has 0 bridgehead atoms. The Hall–Kier alpha value is -4.26. The van der Waals surface area contributed by atoms with Crippen molar-refractivity contribution in [1.29, 1.82) is 0 Å². The fourth-order valence-electron chi connectivity index (χ4n) is 5.20. The summed E-state index contributed by atoms with van der Waals surface area (Å²) in [5.41, 5.74) is 2.14. The average Bonchev–Trinajstić information content (AvgIpc) is 3.55. The molecule has 1 N–H and O–H groups in total. The number of anilines is 2. The van der Waals surface area contributed by atoms with Gasteiger partial charge in [-0.2, -0.15) is 18.3 Å². The number of amides is 1. The molecule has 3 heterocycles. The molecule has 1 aliphatic rings. The molecule has 4 aromatic rings. The summed E-state index contributed by atoms with van der Waals surface area (Å²) in [6.45, 7) is 4.55. The van der Waals surface area contributed by atoms with Crippen molar-refractivity contribution in [1.82, 2.24) is 29.7 Å². The maximum absolute atomic E-state index is 15.2. The molecule has 9 nitrogen and oxygen atoms in total. The maximum Gasteiger partial charge on any atom is 0.419 e. The third-order valence-electron chi connectivity index (χ3n) is 7.87. The number of alkyl halides is 3. The number of rotatable bonds is 6. The molecule has 0 unspecified atom stereocenters. The van der Waals surface area contributed by atoms with Crippen LogP contribution in [0.4, 0.5) is 28.9 Å². The topological polar surface area (TPSA) is 84.1 Å². The molecule has 0 radical (unpaired) electrons. The highest BCUT2D eigenvalue weighted by molar-refractivity contribution is 6.05. The summed E-state index contributed by atoms with van der Waals surface area (Å²) in [4.78, 5) is 16.9. The molecule has 42 heavy (non-hydrogen) atoms. The molecule has 2 aromatic heterocycles. The van der Waals surface area contributed by atoms with Gasteiger partial charge in [-0.1, -0.05) is 11.3 Å². The van der Waals surface area contributed by atoms with Gasteiger partial charge in [0.05, 0.1) is 29.3 Å². The van der Waals surface area contributed by atoms with Crippen molar-refractivity contribution in [3.8, 4) is 16.9 Å². The fourth-order valence-corrected chi connectivity index (χ4v) is 5.20. The second kappa shape index (κ2) is 11.2. The molecule has 2 aromatic carbocycles. The number of hydrogen-bond donors (Lipinski definition) is 1. The fraction of sp³-hybridized carbons (Fsp3) is 0.379. The summed E-state index contributed by atoms with van der Waals surface area (Å²) < 4.78 is 60.0. The van der Waals surface area contributed by atoms with Crippen molar-refractivity contribution in [3.63, 3.8) is 0 Å². The van der Waals surface area contributed by atoms with Gasteiger partial charge in [0.1, 0.15) is 5.69 Å². The predicted octanol–water partition coefficient (Wildman–Crippen LogP) is 5.23. The van der Waals surface area contributed by atoms with Crippen molar-refractivity contribution in [2.75, 3.05) is 37.4 Å². The Balaban J connectivity index is 1.43. The van der Waals surface area contributed by atoms with E-state index in [1.54, 1.807) is 40.2 Å². The lowest BCUT2D eigenvalue weighted by atomic mass is 10.0. The van der Waals surface area contributed by atoms with Gasteiger partial charge >= 0.3 is 6.18 Å². The minimum absolute atomic E-state index is 0.143. The van der Waals surface area contributed by atoms with Crippen molar-refractivity contribution in [3.05, 3.63) is 70.9 Å². The highest BCUT2D eigenvalue weighted by Crippen LogP contribution is 2.39. The lowest BCUT2D eigenvalue weighted by Gasteiger charge is -2.37. The van der Waals surface area contributed by atoms with Crippen molar-refractivity contribution in [2.24, 2.45) is 7.05 Å². The molecule has 0 atom stereocenters. The van der Waals surface area contributed by atoms with Crippen LogP contribution in [0.25, 0.3) is 16.9 Å². The van der Waals surface area contributed by atoms with Gasteiger partial charge in [-0.05, 0) is 70.6 Å². The highest BCUT2D eigenvalue weighted by atomic mass is 19.4. The smallest absolute Gasteiger partial charge is 0.369 e. The van der Waals surface area contributed by atoms with Crippen LogP contribution >= 0.6 is 0 Å². The molecule has 5 rings (SSSR count). The van der Waals surface area contributed by atoms with Crippen LogP contribution in [0.15, 0.2) is 42.7 Å². The Morgan fingerprint density at radius 2 is 1.79 bits per heavy atom. The van der Waals surface area contributed by atoms with E-state index in [0.29, 0.717) is 43.4 Å². The van der Waals surface area contributed by atoms with Gasteiger partial charge in [0, 0.05) is 48.7 Å². The quantitative estimate of drug-likeness (QED) is 0.313. The van der Waals surface area contributed by atoms with E-state index in [0.717, 1.165) is 16.8 Å². The first-order valence-electron chi connectivity index (χ1n) is 13.5. The van der Waals surface area contributed by atoms with Gasteiger partial charge < -0.3 is 15.1 Å². The second-order valence-electron chi connectivity index (χ2n) is 10.8.